The second-order valence-corrected chi connectivity index (χ2v) is 13.3. The Morgan fingerprint density at radius 1 is 0.456 bits per heavy atom. The second-order valence-electron chi connectivity index (χ2n) is 13.3. The maximum Gasteiger partial charge on any atom is 0.408 e. The number of rotatable bonds is 26. The molecule has 3 rings (SSSR count). The molecule has 0 bridgehead atoms. The van der Waals surface area contributed by atoms with Gasteiger partial charge >= 0.3 is 24.2 Å². The molecule has 0 saturated heterocycles. The quantitative estimate of drug-likeness (QED) is 0.0430. The van der Waals surface area contributed by atoms with E-state index in [-0.39, 0.29) is 58.7 Å². The van der Waals surface area contributed by atoms with Crippen molar-refractivity contribution in [3.05, 3.63) is 108 Å². The summed E-state index contributed by atoms with van der Waals surface area (Å²) in [6.45, 7) is 1.08. The number of carboxylic acid groups (broad SMARTS) is 1. The Morgan fingerprint density at radius 2 is 0.860 bits per heavy atom. The summed E-state index contributed by atoms with van der Waals surface area (Å²) in [6.07, 6.45) is 1.97. The fourth-order valence-corrected chi connectivity index (χ4v) is 5.51. The SMILES string of the molecule is O=C(O)CCCCCNC(=O)C(CCCCNC(=O)OCc1ccccc1)NC(=O)C(CCCCNC(=O)OCc1ccccc1)NC(=O)OCc1ccccc1. The van der Waals surface area contributed by atoms with Crippen LogP contribution in [0.3, 0.4) is 0 Å². The van der Waals surface area contributed by atoms with Crippen LogP contribution in [0.2, 0.25) is 0 Å². The third-order valence-electron chi connectivity index (χ3n) is 8.62. The van der Waals surface area contributed by atoms with Crippen molar-refractivity contribution in [2.45, 2.75) is 96.1 Å². The van der Waals surface area contributed by atoms with Gasteiger partial charge in [-0.1, -0.05) is 97.4 Å². The van der Waals surface area contributed by atoms with E-state index in [2.05, 4.69) is 26.6 Å². The summed E-state index contributed by atoms with van der Waals surface area (Å²) in [7, 11) is 0. The molecule has 0 aliphatic rings. The molecule has 3 aromatic carbocycles. The number of carbonyl (C=O) groups is 6. The number of carbonyl (C=O) groups excluding carboxylic acids is 5. The summed E-state index contributed by atoms with van der Waals surface area (Å²) in [5.41, 5.74) is 2.47. The van der Waals surface area contributed by atoms with E-state index in [1.165, 1.54) is 0 Å². The van der Waals surface area contributed by atoms with Crippen molar-refractivity contribution in [1.82, 2.24) is 26.6 Å². The van der Waals surface area contributed by atoms with E-state index < -0.39 is 48.1 Å². The minimum Gasteiger partial charge on any atom is -0.481 e. The smallest absolute Gasteiger partial charge is 0.408 e. The van der Waals surface area contributed by atoms with Crippen molar-refractivity contribution in [3.8, 4) is 0 Å². The minimum atomic E-state index is -1.06. The lowest BCUT2D eigenvalue weighted by Gasteiger charge is -2.23. The molecule has 0 aromatic heterocycles. The third kappa shape index (κ3) is 20.9. The molecule has 2 atom stereocenters. The first-order valence-electron chi connectivity index (χ1n) is 19.4. The van der Waals surface area contributed by atoms with Crippen molar-refractivity contribution in [2.24, 2.45) is 0 Å². The van der Waals surface area contributed by atoms with Gasteiger partial charge in [-0.15, -0.1) is 0 Å². The van der Waals surface area contributed by atoms with E-state index in [9.17, 15) is 28.8 Å². The number of carboxylic acids is 1. The van der Waals surface area contributed by atoms with Crippen LogP contribution in [0.5, 0.6) is 0 Å². The molecule has 308 valence electrons. The first-order chi connectivity index (χ1) is 27.7. The Morgan fingerprint density at radius 3 is 1.32 bits per heavy atom. The van der Waals surface area contributed by atoms with Gasteiger partial charge in [-0.05, 0) is 68.1 Å². The number of benzene rings is 3. The maximum atomic E-state index is 13.7. The molecule has 0 aliphatic heterocycles. The van der Waals surface area contributed by atoms with Crippen LogP contribution in [0.1, 0.15) is 80.9 Å². The molecular formula is C42H55N5O10. The predicted molar refractivity (Wildman–Crippen MR) is 212 cm³/mol. The highest BCUT2D eigenvalue weighted by Gasteiger charge is 2.27. The van der Waals surface area contributed by atoms with E-state index in [1.807, 2.05) is 78.9 Å². The van der Waals surface area contributed by atoms with Crippen LogP contribution in [0.4, 0.5) is 14.4 Å². The number of ether oxygens (including phenoxy) is 3. The van der Waals surface area contributed by atoms with Gasteiger partial charge in [0.2, 0.25) is 11.8 Å². The number of nitrogens with one attached hydrogen (secondary N) is 5. The van der Waals surface area contributed by atoms with Crippen LogP contribution in [-0.4, -0.2) is 72.9 Å². The van der Waals surface area contributed by atoms with Crippen LogP contribution in [0.25, 0.3) is 0 Å². The predicted octanol–water partition coefficient (Wildman–Crippen LogP) is 5.72. The lowest BCUT2D eigenvalue weighted by atomic mass is 10.1. The minimum absolute atomic E-state index is 0.0125. The Hall–Kier alpha value is -6.12. The van der Waals surface area contributed by atoms with E-state index >= 15 is 0 Å². The van der Waals surface area contributed by atoms with E-state index in [4.69, 9.17) is 19.3 Å². The summed E-state index contributed by atoms with van der Waals surface area (Å²) in [6, 6.07) is 25.6. The van der Waals surface area contributed by atoms with Gasteiger partial charge in [0.25, 0.3) is 0 Å². The van der Waals surface area contributed by atoms with Gasteiger partial charge in [0.1, 0.15) is 31.9 Å². The average molecular weight is 790 g/mol. The molecule has 0 radical (unpaired) electrons. The van der Waals surface area contributed by atoms with E-state index in [1.54, 1.807) is 12.1 Å². The summed E-state index contributed by atoms with van der Waals surface area (Å²) in [4.78, 5) is 75.1. The molecule has 0 aliphatic carbocycles. The molecule has 6 N–H and O–H groups in total. The summed E-state index contributed by atoms with van der Waals surface area (Å²) < 4.78 is 15.9. The van der Waals surface area contributed by atoms with Crippen LogP contribution in [0, 0.1) is 0 Å². The molecule has 0 spiro atoms. The molecule has 15 nitrogen and oxygen atoms in total. The van der Waals surface area contributed by atoms with Crippen molar-refractivity contribution >= 4 is 36.1 Å². The van der Waals surface area contributed by atoms with E-state index in [0.29, 0.717) is 44.9 Å². The number of amides is 5. The van der Waals surface area contributed by atoms with Gasteiger partial charge in [0.05, 0.1) is 0 Å². The summed E-state index contributed by atoms with van der Waals surface area (Å²) in [5.74, 6) is -1.91. The Kier molecular flexibility index (Phi) is 21.8. The summed E-state index contributed by atoms with van der Waals surface area (Å²) >= 11 is 0. The molecule has 15 heteroatoms. The Balaban J connectivity index is 1.55. The normalized spacial score (nSPS) is 11.6. The zero-order valence-corrected chi connectivity index (χ0v) is 32.3. The fraction of sp³-hybridized carbons (Fsp3) is 0.429. The lowest BCUT2D eigenvalue weighted by Crippen LogP contribution is -2.54. The van der Waals surface area contributed by atoms with Crippen LogP contribution in [-0.2, 0) is 48.4 Å². The number of unbranched alkanes of at least 4 members (excludes halogenated alkanes) is 4. The largest absolute Gasteiger partial charge is 0.481 e. The number of aliphatic carboxylic acids is 1. The van der Waals surface area contributed by atoms with Crippen molar-refractivity contribution in [3.63, 3.8) is 0 Å². The highest BCUT2D eigenvalue weighted by Crippen LogP contribution is 2.09. The fourth-order valence-electron chi connectivity index (χ4n) is 5.51. The third-order valence-corrected chi connectivity index (χ3v) is 8.62. The van der Waals surface area contributed by atoms with Crippen LogP contribution >= 0.6 is 0 Å². The highest BCUT2D eigenvalue weighted by molar-refractivity contribution is 5.91. The zero-order chi connectivity index (χ0) is 40.9. The molecule has 0 fully saturated rings. The van der Waals surface area contributed by atoms with Crippen molar-refractivity contribution < 1.29 is 48.1 Å². The van der Waals surface area contributed by atoms with Gasteiger partial charge in [0, 0.05) is 26.1 Å². The molecule has 2 unspecified atom stereocenters. The van der Waals surface area contributed by atoms with Crippen LogP contribution in [0.15, 0.2) is 91.0 Å². The molecule has 57 heavy (non-hydrogen) atoms. The monoisotopic (exact) mass is 789 g/mol. The van der Waals surface area contributed by atoms with Crippen LogP contribution < -0.4 is 26.6 Å². The molecule has 3 aromatic rings. The van der Waals surface area contributed by atoms with Crippen molar-refractivity contribution in [1.29, 1.82) is 0 Å². The zero-order valence-electron chi connectivity index (χ0n) is 32.3. The molecule has 5 amide bonds. The average Bonchev–Trinajstić information content (AvgIpc) is 3.22. The standard InChI is InChI=1S/C42H55N5O10/c48-37(49)25-11-4-14-26-43-38(50)35(23-12-15-27-44-40(52)55-29-32-17-5-1-6-18-32)46-39(51)36(47-42(54)57-31-34-21-9-3-10-22-34)24-13-16-28-45-41(53)56-30-33-19-7-2-8-20-33/h1-3,5-10,17-22,35-36H,4,11-16,23-31H2,(H,43,50)(H,44,52)(H,45,53)(H,46,51)(H,47,54)(H,48,49). The van der Waals surface area contributed by atoms with Gasteiger partial charge in [0.15, 0.2) is 0 Å². The lowest BCUT2D eigenvalue weighted by molar-refractivity contribution is -0.137. The van der Waals surface area contributed by atoms with Gasteiger partial charge < -0.3 is 45.9 Å². The van der Waals surface area contributed by atoms with Gasteiger partial charge in [-0.25, -0.2) is 14.4 Å². The first-order valence-corrected chi connectivity index (χ1v) is 19.4. The van der Waals surface area contributed by atoms with E-state index in [0.717, 1.165) is 16.7 Å². The Bertz CT molecular complexity index is 1650. The van der Waals surface area contributed by atoms with Gasteiger partial charge in [-0.2, -0.15) is 0 Å². The Labute approximate surface area is 333 Å². The first kappa shape index (κ1) is 45.3. The van der Waals surface area contributed by atoms with Crippen molar-refractivity contribution in [2.75, 3.05) is 19.6 Å². The van der Waals surface area contributed by atoms with Gasteiger partial charge in [-0.3, -0.25) is 14.4 Å². The summed E-state index contributed by atoms with van der Waals surface area (Å²) in [5, 5.41) is 22.5. The molecular weight excluding hydrogens is 734 g/mol. The number of hydrogen-bond donors (Lipinski definition) is 6. The highest BCUT2D eigenvalue weighted by atomic mass is 16.6. The second kappa shape index (κ2) is 27.5. The maximum absolute atomic E-state index is 13.7. The number of hydrogen-bond acceptors (Lipinski definition) is 9. The number of alkyl carbamates (subject to hydrolysis) is 3. The molecule has 0 saturated carbocycles. The topological polar surface area (TPSA) is 210 Å². The molecule has 0 heterocycles.